The van der Waals surface area contributed by atoms with Crippen molar-refractivity contribution in [3.8, 4) is 0 Å². The van der Waals surface area contributed by atoms with E-state index in [1.165, 1.54) is 0 Å². The minimum absolute atomic E-state index is 0.0893. The normalized spacial score (nSPS) is 25.6. The number of rotatable bonds is 15. The van der Waals surface area contributed by atoms with Gasteiger partial charge in [0.15, 0.2) is 0 Å². The molecule has 30 heavy (non-hydrogen) atoms. The lowest BCUT2D eigenvalue weighted by Crippen LogP contribution is -2.39. The van der Waals surface area contributed by atoms with Crippen molar-refractivity contribution in [2.45, 2.75) is 89.1 Å². The van der Waals surface area contributed by atoms with E-state index >= 15 is 0 Å². The van der Waals surface area contributed by atoms with Crippen LogP contribution in [0.4, 0.5) is 0 Å². The third kappa shape index (κ3) is 10.2. The Morgan fingerprint density at radius 2 is 1.83 bits per heavy atom. The zero-order valence-corrected chi connectivity index (χ0v) is 18.2. The topological polar surface area (TPSA) is 130 Å². The minimum atomic E-state index is -0.613. The fourth-order valence-corrected chi connectivity index (χ4v) is 3.86. The van der Waals surface area contributed by atoms with Gasteiger partial charge in [-0.15, -0.1) is 0 Å². The summed E-state index contributed by atoms with van der Waals surface area (Å²) >= 11 is 0. The molecule has 0 spiro atoms. The van der Waals surface area contributed by atoms with Crippen LogP contribution in [0.25, 0.3) is 0 Å². The predicted molar refractivity (Wildman–Crippen MR) is 117 cm³/mol. The number of aliphatic hydroxyl groups is 5. The average Bonchev–Trinajstić information content (AvgIpc) is 2.99. The van der Waals surface area contributed by atoms with Crippen LogP contribution in [0.3, 0.4) is 0 Å². The summed E-state index contributed by atoms with van der Waals surface area (Å²) in [4.78, 5) is 11.7. The van der Waals surface area contributed by atoms with Gasteiger partial charge in [0.2, 0.25) is 5.91 Å². The van der Waals surface area contributed by atoms with Crippen LogP contribution < -0.4 is 5.32 Å². The molecule has 0 bridgehead atoms. The molecular formula is C23H41NO6. The molecule has 0 aromatic carbocycles. The number of aliphatic hydroxyl groups excluding tert-OH is 5. The van der Waals surface area contributed by atoms with E-state index in [0.717, 1.165) is 19.3 Å². The largest absolute Gasteiger partial charge is 0.394 e. The van der Waals surface area contributed by atoms with Gasteiger partial charge in [-0.1, -0.05) is 50.5 Å². The summed E-state index contributed by atoms with van der Waals surface area (Å²) in [6.45, 7) is 1.54. The quantitative estimate of drug-likeness (QED) is 0.173. The Balaban J connectivity index is 2.39. The van der Waals surface area contributed by atoms with Crippen molar-refractivity contribution in [1.29, 1.82) is 0 Å². The van der Waals surface area contributed by atoms with Gasteiger partial charge in [-0.05, 0) is 31.6 Å². The monoisotopic (exact) mass is 427 g/mol. The van der Waals surface area contributed by atoms with Crippen molar-refractivity contribution in [2.75, 3.05) is 13.2 Å². The van der Waals surface area contributed by atoms with Crippen LogP contribution >= 0.6 is 0 Å². The van der Waals surface area contributed by atoms with Crippen LogP contribution in [0, 0.1) is 11.8 Å². The van der Waals surface area contributed by atoms with Crippen molar-refractivity contribution in [3.63, 3.8) is 0 Å². The number of unbranched alkanes of at least 4 members (excludes halogenated alkanes) is 3. The van der Waals surface area contributed by atoms with Gasteiger partial charge in [-0.25, -0.2) is 0 Å². The molecule has 1 aliphatic carbocycles. The van der Waals surface area contributed by atoms with Crippen LogP contribution in [-0.2, 0) is 4.79 Å². The number of allylic oxidation sites excluding steroid dienone is 2. The maximum Gasteiger partial charge on any atom is 0.220 e. The average molecular weight is 428 g/mol. The van der Waals surface area contributed by atoms with Crippen LogP contribution in [0.1, 0.15) is 64.7 Å². The molecule has 0 aromatic heterocycles. The van der Waals surface area contributed by atoms with E-state index in [1.54, 1.807) is 6.08 Å². The Labute approximate surface area is 180 Å². The first-order valence-electron chi connectivity index (χ1n) is 11.3. The summed E-state index contributed by atoms with van der Waals surface area (Å²) in [5.41, 5.74) is 0. The summed E-state index contributed by atoms with van der Waals surface area (Å²) in [5.74, 6) is -0.466. The molecule has 0 aromatic rings. The summed E-state index contributed by atoms with van der Waals surface area (Å²) < 4.78 is 0. The molecule has 5 atom stereocenters. The minimum Gasteiger partial charge on any atom is -0.394 e. The molecule has 7 heteroatoms. The van der Waals surface area contributed by atoms with E-state index < -0.39 is 24.4 Å². The molecule has 1 aliphatic rings. The molecule has 0 radical (unpaired) electrons. The van der Waals surface area contributed by atoms with Crippen molar-refractivity contribution >= 4 is 5.91 Å². The second-order valence-electron chi connectivity index (χ2n) is 8.29. The molecule has 7 nitrogen and oxygen atoms in total. The molecule has 1 rings (SSSR count). The first-order valence-corrected chi connectivity index (χ1v) is 11.3. The number of carbonyl (C=O) groups is 1. The van der Waals surface area contributed by atoms with E-state index in [0.29, 0.717) is 38.5 Å². The van der Waals surface area contributed by atoms with E-state index in [-0.39, 0.29) is 31.0 Å². The molecule has 0 heterocycles. The SMILES string of the molecule is CCCCC[C@H](O)C=C[C@@H]1[C@@H](CC=CCCCC(=O)NC(CO)CO)[C@@H](O)C[C@H]1O. The second-order valence-corrected chi connectivity index (χ2v) is 8.29. The number of hydrogen-bond donors (Lipinski definition) is 6. The van der Waals surface area contributed by atoms with E-state index in [9.17, 15) is 20.1 Å². The van der Waals surface area contributed by atoms with Crippen LogP contribution in [-0.4, -0.2) is 69.0 Å². The molecule has 6 N–H and O–H groups in total. The van der Waals surface area contributed by atoms with Crippen molar-refractivity contribution < 1.29 is 30.3 Å². The zero-order chi connectivity index (χ0) is 22.4. The Morgan fingerprint density at radius 1 is 1.10 bits per heavy atom. The van der Waals surface area contributed by atoms with Crippen LogP contribution in [0.2, 0.25) is 0 Å². The van der Waals surface area contributed by atoms with Gasteiger partial charge in [0, 0.05) is 18.8 Å². The Hall–Kier alpha value is -1.25. The zero-order valence-electron chi connectivity index (χ0n) is 18.2. The lowest BCUT2D eigenvalue weighted by atomic mass is 9.89. The smallest absolute Gasteiger partial charge is 0.220 e. The summed E-state index contributed by atoms with van der Waals surface area (Å²) in [6.07, 6.45) is 12.4. The van der Waals surface area contributed by atoms with E-state index in [1.807, 2.05) is 18.2 Å². The van der Waals surface area contributed by atoms with Gasteiger partial charge in [-0.3, -0.25) is 4.79 Å². The lowest BCUT2D eigenvalue weighted by molar-refractivity contribution is -0.122. The highest BCUT2D eigenvalue weighted by Gasteiger charge is 2.39. The standard InChI is InChI=1S/C23H41NO6/c1-2-3-6-9-18(27)12-13-20-19(21(28)14-22(20)29)10-7-4-5-8-11-23(30)24-17(15-25)16-26/h4,7,12-13,17-22,25-29H,2-3,5-6,8-11,14-16H2,1H3,(H,24,30)/t18-,19+,20+,21-,22+/m0/s1. The summed E-state index contributed by atoms with van der Waals surface area (Å²) in [5, 5.41) is 51.1. The van der Waals surface area contributed by atoms with Gasteiger partial charge < -0.3 is 30.8 Å². The Kier molecular flexibility index (Phi) is 13.9. The molecule has 174 valence electrons. The summed E-state index contributed by atoms with van der Waals surface area (Å²) in [7, 11) is 0. The van der Waals surface area contributed by atoms with Crippen LogP contribution in [0.5, 0.6) is 0 Å². The second kappa shape index (κ2) is 15.5. The fourth-order valence-electron chi connectivity index (χ4n) is 3.86. The number of hydrogen-bond acceptors (Lipinski definition) is 6. The third-order valence-electron chi connectivity index (χ3n) is 5.73. The van der Waals surface area contributed by atoms with Crippen molar-refractivity contribution in [2.24, 2.45) is 11.8 Å². The van der Waals surface area contributed by atoms with Gasteiger partial charge >= 0.3 is 0 Å². The molecule has 1 saturated carbocycles. The molecule has 0 saturated heterocycles. The van der Waals surface area contributed by atoms with Crippen molar-refractivity contribution in [1.82, 2.24) is 5.32 Å². The van der Waals surface area contributed by atoms with Gasteiger partial charge in [-0.2, -0.15) is 0 Å². The maximum atomic E-state index is 11.7. The first-order chi connectivity index (χ1) is 14.4. The number of carbonyl (C=O) groups excluding carboxylic acids is 1. The summed E-state index contributed by atoms with van der Waals surface area (Å²) in [6, 6.07) is -0.613. The predicted octanol–water partition coefficient (Wildman–Crippen LogP) is 1.43. The molecule has 0 unspecified atom stereocenters. The number of amides is 1. The fraction of sp³-hybridized carbons (Fsp3) is 0.783. The van der Waals surface area contributed by atoms with Gasteiger partial charge in [0.1, 0.15) is 0 Å². The maximum absolute atomic E-state index is 11.7. The van der Waals surface area contributed by atoms with E-state index in [4.69, 9.17) is 10.2 Å². The number of nitrogens with one attached hydrogen (secondary N) is 1. The lowest BCUT2D eigenvalue weighted by Gasteiger charge is -2.19. The third-order valence-corrected chi connectivity index (χ3v) is 5.73. The first kappa shape index (κ1) is 26.8. The highest BCUT2D eigenvalue weighted by molar-refractivity contribution is 5.76. The van der Waals surface area contributed by atoms with Gasteiger partial charge in [0.05, 0.1) is 37.6 Å². The van der Waals surface area contributed by atoms with Crippen molar-refractivity contribution in [3.05, 3.63) is 24.3 Å². The van der Waals surface area contributed by atoms with Crippen LogP contribution in [0.15, 0.2) is 24.3 Å². The molecular weight excluding hydrogens is 386 g/mol. The highest BCUT2D eigenvalue weighted by Crippen LogP contribution is 2.36. The molecule has 1 fully saturated rings. The van der Waals surface area contributed by atoms with E-state index in [2.05, 4.69) is 12.2 Å². The molecule has 0 aliphatic heterocycles. The molecule has 1 amide bonds. The highest BCUT2D eigenvalue weighted by atomic mass is 16.3. The van der Waals surface area contributed by atoms with Gasteiger partial charge in [0.25, 0.3) is 0 Å². The Morgan fingerprint density at radius 3 is 2.50 bits per heavy atom. The Bertz CT molecular complexity index is 520.